The number of hydrogen-bond acceptors (Lipinski definition) is 4. The van der Waals surface area contributed by atoms with E-state index in [4.69, 9.17) is 20.4 Å². The van der Waals surface area contributed by atoms with Gasteiger partial charge in [0.05, 0.1) is 5.09 Å². The van der Waals surface area contributed by atoms with Crippen LogP contribution < -0.4 is 0 Å². The molecule has 1 N–H and O–H groups in total. The molecule has 0 fully saturated rings. The molecule has 0 unspecified atom stereocenters. The second kappa shape index (κ2) is 18.5. The van der Waals surface area contributed by atoms with Gasteiger partial charge in [-0.25, -0.2) is 0 Å². The molecule has 0 aliphatic carbocycles. The summed E-state index contributed by atoms with van der Waals surface area (Å²) in [5.74, 6) is 0. The molecule has 0 heterocycles. The predicted molar refractivity (Wildman–Crippen MR) is 50.8 cm³/mol. The van der Waals surface area contributed by atoms with Crippen molar-refractivity contribution in [2.75, 3.05) is 6.61 Å². The molecule has 5 nitrogen and oxygen atoms in total. The van der Waals surface area contributed by atoms with Crippen molar-refractivity contribution in [3.8, 4) is 0 Å². The maximum absolute atomic E-state index is 8.42. The van der Waals surface area contributed by atoms with Crippen molar-refractivity contribution in [1.29, 1.82) is 0 Å². The van der Waals surface area contributed by atoms with Crippen LogP contribution in [-0.4, -0.2) is 16.8 Å². The summed E-state index contributed by atoms with van der Waals surface area (Å²) < 4.78 is 0. The van der Waals surface area contributed by atoms with Crippen LogP contribution in [0.3, 0.4) is 0 Å². The van der Waals surface area contributed by atoms with Crippen molar-refractivity contribution in [2.45, 2.75) is 45.4 Å². The maximum atomic E-state index is 8.42. The molecule has 82 valence electrons. The van der Waals surface area contributed by atoms with E-state index in [0.717, 1.165) is 6.42 Å². The van der Waals surface area contributed by atoms with E-state index in [2.05, 4.69) is 6.92 Å². The summed E-state index contributed by atoms with van der Waals surface area (Å²) >= 11 is 0. The minimum absolute atomic E-state index is 0. The van der Waals surface area contributed by atoms with E-state index in [1.54, 1.807) is 0 Å². The molecule has 0 rings (SSSR count). The molecule has 0 aromatic heterocycles. The van der Waals surface area contributed by atoms with Crippen LogP contribution in [0.2, 0.25) is 0 Å². The van der Waals surface area contributed by atoms with Crippen LogP contribution in [0.4, 0.5) is 0 Å². The summed E-state index contributed by atoms with van der Waals surface area (Å²) in [6.07, 6.45) is 7.50. The second-order valence-electron chi connectivity index (χ2n) is 2.71. The number of aliphatic hydroxyl groups is 1. The predicted octanol–water partition coefficient (Wildman–Crippen LogP) is 2.10. The van der Waals surface area contributed by atoms with Gasteiger partial charge in [0, 0.05) is 26.1 Å². The number of rotatable bonds is 6. The van der Waals surface area contributed by atoms with Gasteiger partial charge in [0.1, 0.15) is 0 Å². The van der Waals surface area contributed by atoms with E-state index in [0.29, 0.717) is 6.61 Å². The molecule has 0 saturated carbocycles. The molecule has 0 amide bonds. The van der Waals surface area contributed by atoms with Crippen molar-refractivity contribution in [2.24, 2.45) is 0 Å². The molecule has 0 spiro atoms. The molecule has 0 atom stereocenters. The Morgan fingerprint density at radius 3 is 1.79 bits per heavy atom. The molecular weight excluding hydrogens is 239 g/mol. The normalized spacial score (nSPS) is 8.14. The smallest absolute Gasteiger partial charge is 0.0689 e. The van der Waals surface area contributed by atoms with E-state index in [-0.39, 0.29) is 19.5 Å². The zero-order chi connectivity index (χ0) is 10.5. The zero-order valence-corrected chi connectivity index (χ0v) is 11.7. The summed E-state index contributed by atoms with van der Waals surface area (Å²) in [6, 6.07) is 0. The summed E-state index contributed by atoms with van der Waals surface area (Å²) in [7, 11) is 0. The first kappa shape index (κ1) is 19.4. The van der Waals surface area contributed by atoms with Gasteiger partial charge in [-0.1, -0.05) is 39.0 Å². The Morgan fingerprint density at radius 1 is 1.07 bits per heavy atom. The molecule has 0 radical (unpaired) electrons. The average molecular weight is 258 g/mol. The number of hydrogen-bond donors (Lipinski definition) is 1. The standard InChI is InChI=1S/C8H18O.NO3.Zn/c1-2-3-4-5-6-7-8-9;2-1(3)4;/h9H,2-8H2,1H3;;/q;-1;. The quantitative estimate of drug-likeness (QED) is 0.342. The Hall–Kier alpha value is -0.217. The van der Waals surface area contributed by atoms with Gasteiger partial charge in [-0.15, -0.1) is 0 Å². The summed E-state index contributed by atoms with van der Waals surface area (Å²) in [4.78, 5) is 8.25. The molecule has 0 aliphatic rings. The molecule has 14 heavy (non-hydrogen) atoms. The zero-order valence-electron chi connectivity index (χ0n) is 8.78. The Labute approximate surface area is 97.4 Å². The molecule has 0 aromatic carbocycles. The molecule has 0 aromatic rings. The van der Waals surface area contributed by atoms with Crippen LogP contribution >= 0.6 is 0 Å². The average Bonchev–Trinajstić information content (AvgIpc) is 2.03. The molecular formula is C8H18NO4Zn-. The molecule has 0 aliphatic heterocycles. The van der Waals surface area contributed by atoms with Crippen molar-refractivity contribution in [3.05, 3.63) is 15.3 Å². The van der Waals surface area contributed by atoms with Crippen LogP contribution in [0.25, 0.3) is 0 Å². The van der Waals surface area contributed by atoms with Crippen molar-refractivity contribution in [3.63, 3.8) is 0 Å². The summed E-state index contributed by atoms with van der Waals surface area (Å²) in [6.45, 7) is 2.58. The monoisotopic (exact) mass is 256 g/mol. The molecule has 0 bridgehead atoms. The van der Waals surface area contributed by atoms with E-state index >= 15 is 0 Å². The fourth-order valence-electron chi connectivity index (χ4n) is 0.892. The number of nitrogens with zero attached hydrogens (tertiary/aromatic N) is 1. The summed E-state index contributed by atoms with van der Waals surface area (Å²) in [5.41, 5.74) is 0. The van der Waals surface area contributed by atoms with Gasteiger partial charge < -0.3 is 20.4 Å². The van der Waals surface area contributed by atoms with Gasteiger partial charge in [-0.3, -0.25) is 0 Å². The van der Waals surface area contributed by atoms with E-state index < -0.39 is 5.09 Å². The van der Waals surface area contributed by atoms with Crippen LogP contribution in [0.1, 0.15) is 45.4 Å². The fraction of sp³-hybridized carbons (Fsp3) is 1.00. The van der Waals surface area contributed by atoms with Gasteiger partial charge >= 0.3 is 0 Å². The van der Waals surface area contributed by atoms with Gasteiger partial charge in [-0.2, -0.15) is 0 Å². The Balaban J connectivity index is -0.000000209. The van der Waals surface area contributed by atoms with Crippen LogP contribution in [0.5, 0.6) is 0 Å². The summed E-state index contributed by atoms with van der Waals surface area (Å²) in [5, 5.41) is 23.2. The number of unbranched alkanes of at least 4 members (excludes halogenated alkanes) is 5. The first-order chi connectivity index (χ1) is 6.15. The SMILES string of the molecule is CCCCCCCCO.O=[N+]([O-])[O-].[Zn]. The van der Waals surface area contributed by atoms with Gasteiger partial charge in [0.25, 0.3) is 0 Å². The third-order valence-corrected chi connectivity index (χ3v) is 1.51. The minimum Gasteiger partial charge on any atom is -0.396 e. The van der Waals surface area contributed by atoms with Crippen molar-refractivity contribution in [1.82, 2.24) is 0 Å². The third-order valence-electron chi connectivity index (χ3n) is 1.51. The van der Waals surface area contributed by atoms with E-state index in [9.17, 15) is 0 Å². The topological polar surface area (TPSA) is 86.4 Å². The van der Waals surface area contributed by atoms with E-state index in [1.165, 1.54) is 32.1 Å². The Morgan fingerprint density at radius 2 is 1.43 bits per heavy atom. The Kier molecular flexibility index (Phi) is 25.7. The molecule has 0 saturated heterocycles. The fourth-order valence-corrected chi connectivity index (χ4v) is 0.892. The Bertz CT molecular complexity index is 104. The van der Waals surface area contributed by atoms with Gasteiger partial charge in [0.15, 0.2) is 0 Å². The van der Waals surface area contributed by atoms with Gasteiger partial charge in [-0.05, 0) is 6.42 Å². The molecule has 6 heteroatoms. The van der Waals surface area contributed by atoms with E-state index in [1.807, 2.05) is 0 Å². The van der Waals surface area contributed by atoms with Crippen LogP contribution in [0.15, 0.2) is 0 Å². The maximum Gasteiger partial charge on any atom is 0.0689 e. The van der Waals surface area contributed by atoms with Gasteiger partial charge in [0.2, 0.25) is 0 Å². The number of aliphatic hydroxyl groups excluding tert-OH is 1. The van der Waals surface area contributed by atoms with Crippen molar-refractivity contribution >= 4 is 0 Å². The van der Waals surface area contributed by atoms with Crippen LogP contribution in [0, 0.1) is 15.3 Å². The minimum atomic E-state index is -1.75. The van der Waals surface area contributed by atoms with Crippen LogP contribution in [-0.2, 0) is 19.5 Å². The van der Waals surface area contributed by atoms with Crippen molar-refractivity contribution < 1.29 is 29.7 Å². The third kappa shape index (κ3) is 41.0. The largest absolute Gasteiger partial charge is 0.396 e. The first-order valence-corrected chi connectivity index (χ1v) is 4.57. The first-order valence-electron chi connectivity index (χ1n) is 4.57. The second-order valence-corrected chi connectivity index (χ2v) is 2.71.